The van der Waals surface area contributed by atoms with Crippen LogP contribution in [0, 0.1) is 13.8 Å². The zero-order valence-electron chi connectivity index (χ0n) is 34.8. The lowest BCUT2D eigenvalue weighted by atomic mass is 9.99. The van der Waals surface area contributed by atoms with Gasteiger partial charge in [0, 0.05) is 44.2 Å². The maximum Gasteiger partial charge on any atom is 0.164 e. The van der Waals surface area contributed by atoms with Gasteiger partial charge in [0.1, 0.15) is 0 Å². The lowest BCUT2D eigenvalue weighted by molar-refractivity contribution is 1.07. The molecule has 0 saturated heterocycles. The monoisotopic (exact) mass is 808 g/mol. The number of hydrogen-bond donors (Lipinski definition) is 0. The number of aromatic nitrogens is 6. The molecule has 11 rings (SSSR count). The van der Waals surface area contributed by atoms with Gasteiger partial charge in [0.25, 0.3) is 0 Å². The molecule has 0 aliphatic rings. The fourth-order valence-electron chi connectivity index (χ4n) is 8.62. The summed E-state index contributed by atoms with van der Waals surface area (Å²) in [4.78, 5) is 26.1. The SMILES string of the molecule is Cc1cc(C)cc(-c2ccc3c4ccccc4n(-c4ccc(-c5nc(-c6ccccc6)nc(-c6ccccc6)n5)cc4-c4nc(-c5ccccc5)cc(-c5ccccc5)n4)c3c2)c1. The highest BCUT2D eigenvalue weighted by Gasteiger charge is 2.22. The summed E-state index contributed by atoms with van der Waals surface area (Å²) in [5.74, 6) is 2.33. The van der Waals surface area contributed by atoms with Crippen molar-refractivity contribution in [3.8, 4) is 84.9 Å². The van der Waals surface area contributed by atoms with Crippen LogP contribution in [0.4, 0.5) is 0 Å². The predicted molar refractivity (Wildman–Crippen MR) is 257 cm³/mol. The lowest BCUT2D eigenvalue weighted by Gasteiger charge is -2.17. The maximum atomic E-state index is 5.40. The lowest BCUT2D eigenvalue weighted by Crippen LogP contribution is -2.04. The van der Waals surface area contributed by atoms with Gasteiger partial charge in [-0.25, -0.2) is 24.9 Å². The average Bonchev–Trinajstić information content (AvgIpc) is 3.68. The molecular formula is C57H40N6. The normalized spacial score (nSPS) is 11.3. The number of rotatable bonds is 8. The first kappa shape index (κ1) is 37.6. The minimum absolute atomic E-state index is 0.553. The molecule has 0 amide bonds. The van der Waals surface area contributed by atoms with E-state index in [4.69, 9.17) is 24.9 Å². The molecule has 0 saturated carbocycles. The van der Waals surface area contributed by atoms with Crippen molar-refractivity contribution < 1.29 is 0 Å². The molecule has 0 aliphatic heterocycles. The van der Waals surface area contributed by atoms with Crippen molar-refractivity contribution in [1.29, 1.82) is 0 Å². The topological polar surface area (TPSA) is 69.4 Å². The third-order valence-electron chi connectivity index (χ3n) is 11.5. The first-order chi connectivity index (χ1) is 31.0. The number of fused-ring (bicyclic) bond motifs is 3. The second kappa shape index (κ2) is 15.9. The van der Waals surface area contributed by atoms with E-state index < -0.39 is 0 Å². The standard InChI is InChI=1S/C57H40N6/c1-37-31-38(2)33-45(32-37)43-27-29-47-46-25-15-16-26-51(46)63(53(47)35-43)52-30-28-44(56-61-54(41-21-11-5-12-22-41)60-55(62-56)42-23-13-6-14-24-42)34-48(52)57-58-49(39-17-7-3-8-18-39)36-50(59-57)40-19-9-4-10-20-40/h3-36H,1-2H3. The Kier molecular flexibility index (Phi) is 9.51. The summed E-state index contributed by atoms with van der Waals surface area (Å²) in [5.41, 5.74) is 15.0. The molecule has 0 fully saturated rings. The van der Waals surface area contributed by atoms with Crippen molar-refractivity contribution in [1.82, 2.24) is 29.5 Å². The highest BCUT2D eigenvalue weighted by Crippen LogP contribution is 2.40. The maximum absolute atomic E-state index is 5.40. The van der Waals surface area contributed by atoms with Crippen LogP contribution in [0.25, 0.3) is 107 Å². The molecule has 0 unspecified atom stereocenters. The number of para-hydroxylation sites is 1. The summed E-state index contributed by atoms with van der Waals surface area (Å²) in [5, 5.41) is 2.33. The molecule has 298 valence electrons. The van der Waals surface area contributed by atoms with Gasteiger partial charge in [-0.2, -0.15) is 0 Å². The van der Waals surface area contributed by atoms with Crippen LogP contribution in [0.1, 0.15) is 11.1 Å². The molecule has 3 heterocycles. The first-order valence-corrected chi connectivity index (χ1v) is 21.2. The molecular weight excluding hydrogens is 769 g/mol. The Morgan fingerprint density at radius 3 is 1.35 bits per heavy atom. The molecule has 8 aromatic carbocycles. The van der Waals surface area contributed by atoms with Crippen LogP contribution in [0.2, 0.25) is 0 Å². The van der Waals surface area contributed by atoms with Crippen molar-refractivity contribution in [3.05, 3.63) is 217 Å². The average molecular weight is 809 g/mol. The summed E-state index contributed by atoms with van der Waals surface area (Å²) in [7, 11) is 0. The van der Waals surface area contributed by atoms with Crippen LogP contribution in [0.15, 0.2) is 206 Å². The van der Waals surface area contributed by atoms with Crippen LogP contribution in [0.3, 0.4) is 0 Å². The fraction of sp³-hybridized carbons (Fsp3) is 0.0351. The van der Waals surface area contributed by atoms with Gasteiger partial charge in [0.2, 0.25) is 0 Å². The molecule has 0 bridgehead atoms. The summed E-state index contributed by atoms with van der Waals surface area (Å²) >= 11 is 0. The van der Waals surface area contributed by atoms with Gasteiger partial charge in [-0.1, -0.05) is 181 Å². The fourth-order valence-corrected chi connectivity index (χ4v) is 8.62. The molecule has 0 aliphatic carbocycles. The number of aryl methyl sites for hydroxylation is 2. The number of nitrogens with zero attached hydrogens (tertiary/aromatic N) is 6. The van der Waals surface area contributed by atoms with Crippen molar-refractivity contribution in [2.45, 2.75) is 13.8 Å². The van der Waals surface area contributed by atoms with Gasteiger partial charge in [-0.15, -0.1) is 0 Å². The van der Waals surface area contributed by atoms with Crippen molar-refractivity contribution in [2.75, 3.05) is 0 Å². The van der Waals surface area contributed by atoms with Crippen LogP contribution in [0.5, 0.6) is 0 Å². The van der Waals surface area contributed by atoms with Gasteiger partial charge in [-0.05, 0) is 61.4 Å². The predicted octanol–water partition coefficient (Wildman–Crippen LogP) is 14.0. The smallest absolute Gasteiger partial charge is 0.164 e. The third-order valence-corrected chi connectivity index (χ3v) is 11.5. The number of hydrogen-bond acceptors (Lipinski definition) is 5. The first-order valence-electron chi connectivity index (χ1n) is 21.2. The van der Waals surface area contributed by atoms with Crippen LogP contribution in [-0.4, -0.2) is 29.5 Å². The largest absolute Gasteiger partial charge is 0.308 e. The van der Waals surface area contributed by atoms with E-state index in [1.807, 2.05) is 97.1 Å². The quantitative estimate of drug-likeness (QED) is 0.153. The minimum Gasteiger partial charge on any atom is -0.308 e. The van der Waals surface area contributed by atoms with E-state index in [0.29, 0.717) is 23.3 Å². The molecule has 63 heavy (non-hydrogen) atoms. The third kappa shape index (κ3) is 7.23. The molecule has 0 radical (unpaired) electrons. The van der Waals surface area contributed by atoms with Crippen molar-refractivity contribution >= 4 is 21.8 Å². The Hall–Kier alpha value is -8.35. The van der Waals surface area contributed by atoms with Gasteiger partial charge in [-0.3, -0.25) is 0 Å². The van der Waals surface area contributed by atoms with Crippen LogP contribution < -0.4 is 0 Å². The second-order valence-corrected chi connectivity index (χ2v) is 15.9. The van der Waals surface area contributed by atoms with E-state index in [1.165, 1.54) is 16.7 Å². The highest BCUT2D eigenvalue weighted by atomic mass is 15.0. The van der Waals surface area contributed by atoms with Crippen molar-refractivity contribution in [2.24, 2.45) is 0 Å². The zero-order valence-corrected chi connectivity index (χ0v) is 34.8. The van der Waals surface area contributed by atoms with E-state index >= 15 is 0 Å². The van der Waals surface area contributed by atoms with Gasteiger partial charge >= 0.3 is 0 Å². The van der Waals surface area contributed by atoms with Crippen LogP contribution >= 0.6 is 0 Å². The van der Waals surface area contributed by atoms with Gasteiger partial charge in [0.15, 0.2) is 23.3 Å². The Morgan fingerprint density at radius 2 is 0.778 bits per heavy atom. The Morgan fingerprint density at radius 1 is 0.302 bits per heavy atom. The van der Waals surface area contributed by atoms with Gasteiger partial charge in [0.05, 0.1) is 28.1 Å². The molecule has 6 heteroatoms. The Bertz CT molecular complexity index is 3320. The van der Waals surface area contributed by atoms with E-state index in [2.05, 4.69) is 128 Å². The molecule has 0 spiro atoms. The van der Waals surface area contributed by atoms with Crippen LogP contribution in [-0.2, 0) is 0 Å². The van der Waals surface area contributed by atoms with E-state index in [1.54, 1.807) is 0 Å². The summed E-state index contributed by atoms with van der Waals surface area (Å²) in [6.45, 7) is 4.32. The highest BCUT2D eigenvalue weighted by molar-refractivity contribution is 6.10. The van der Waals surface area contributed by atoms with Crippen molar-refractivity contribution in [3.63, 3.8) is 0 Å². The minimum atomic E-state index is 0.553. The molecule has 11 aromatic rings. The summed E-state index contributed by atoms with van der Waals surface area (Å²) < 4.78 is 2.37. The summed E-state index contributed by atoms with van der Waals surface area (Å²) in [6, 6.07) is 71.5. The molecule has 6 nitrogen and oxygen atoms in total. The molecule has 0 N–H and O–H groups in total. The molecule has 0 atom stereocenters. The van der Waals surface area contributed by atoms with E-state index in [0.717, 1.165) is 77.8 Å². The van der Waals surface area contributed by atoms with E-state index in [-0.39, 0.29) is 0 Å². The number of benzene rings is 8. The van der Waals surface area contributed by atoms with E-state index in [9.17, 15) is 0 Å². The summed E-state index contributed by atoms with van der Waals surface area (Å²) in [6.07, 6.45) is 0. The second-order valence-electron chi connectivity index (χ2n) is 15.9. The zero-order chi connectivity index (χ0) is 42.3. The Balaban J connectivity index is 1.21. The molecule has 3 aromatic heterocycles. The Labute approximate surface area is 365 Å². The van der Waals surface area contributed by atoms with Gasteiger partial charge < -0.3 is 4.57 Å².